The molecule has 9 aromatic carbocycles. The first kappa shape index (κ1) is 34.8. The molecule has 278 valence electrons. The van der Waals surface area contributed by atoms with Gasteiger partial charge in [0.1, 0.15) is 5.75 Å². The van der Waals surface area contributed by atoms with Gasteiger partial charge in [0, 0.05) is 42.4 Å². The lowest BCUT2D eigenvalue weighted by Crippen LogP contribution is -2.00. The summed E-state index contributed by atoms with van der Waals surface area (Å²) in [5, 5.41) is 19.0. The molecule has 2 aromatic heterocycles. The van der Waals surface area contributed by atoms with Crippen molar-refractivity contribution in [3.8, 4) is 73.3 Å². The first-order valence-electron chi connectivity index (χ1n) is 19.7. The molecule has 0 spiro atoms. The summed E-state index contributed by atoms with van der Waals surface area (Å²) in [7, 11) is 0. The Labute approximate surface area is 345 Å². The molecule has 11 rings (SSSR count). The van der Waals surface area contributed by atoms with E-state index < -0.39 is 0 Å². The fourth-order valence-corrected chi connectivity index (χ4v) is 9.58. The topological polar surface area (TPSA) is 58.9 Å². The fourth-order valence-electron chi connectivity index (χ4n) is 8.43. The van der Waals surface area contributed by atoms with Crippen molar-refractivity contribution in [2.75, 3.05) is 0 Å². The van der Waals surface area contributed by atoms with Crippen LogP contribution in [0.25, 0.3) is 109 Å². The summed E-state index contributed by atoms with van der Waals surface area (Å²) < 4.78 is 2.46. The van der Waals surface area contributed by atoms with Crippen molar-refractivity contribution in [1.82, 2.24) is 15.0 Å². The number of hydrogen-bond donors (Lipinski definition) is 1. The number of phenols is 1. The largest absolute Gasteiger partial charge is 0.507 e. The molecule has 5 heteroatoms. The molecule has 1 N–H and O–H groups in total. The molecule has 0 aliphatic rings. The standard InChI is InChI=1S/C54H35N3OS/c1-33-22-23-38(47-31-37-14-5-6-15-40(37)42-16-7-8-17-43(42)47)30-46(33)51-41(19-11-20-48(51)58)34-24-26-36(27-25-34)53-55-52(35-12-3-2-4-13-35)56-54(57-53)39-28-29-45-44-18-9-10-21-49(44)59-50(45)32-39/h2-32,58H,1H3. The molecular formula is C54H35N3OS. The Bertz CT molecular complexity index is 3410. The number of benzene rings is 9. The van der Waals surface area contributed by atoms with Crippen molar-refractivity contribution in [3.63, 3.8) is 0 Å². The normalized spacial score (nSPS) is 11.5. The number of rotatable bonds is 6. The lowest BCUT2D eigenvalue weighted by molar-refractivity contribution is 0.477. The van der Waals surface area contributed by atoms with Crippen LogP contribution in [0.4, 0.5) is 0 Å². The summed E-state index contributed by atoms with van der Waals surface area (Å²) in [6, 6.07) is 65.2. The number of aromatic hydroxyl groups is 1. The Balaban J connectivity index is 1.00. The molecule has 2 heterocycles. The average Bonchev–Trinajstić information content (AvgIpc) is 3.67. The third kappa shape index (κ3) is 6.11. The first-order valence-corrected chi connectivity index (χ1v) is 20.6. The van der Waals surface area contributed by atoms with Crippen molar-refractivity contribution >= 4 is 53.1 Å². The van der Waals surface area contributed by atoms with E-state index in [0.29, 0.717) is 17.5 Å². The van der Waals surface area contributed by atoms with E-state index in [2.05, 4.69) is 153 Å². The molecule has 0 saturated heterocycles. The van der Waals surface area contributed by atoms with Crippen LogP contribution in [0.1, 0.15) is 5.56 Å². The number of phenolic OH excluding ortho intramolecular Hbond substituents is 1. The molecule has 0 bridgehead atoms. The van der Waals surface area contributed by atoms with Gasteiger partial charge >= 0.3 is 0 Å². The molecule has 0 fully saturated rings. The summed E-state index contributed by atoms with van der Waals surface area (Å²) in [6.45, 7) is 2.11. The quantitative estimate of drug-likeness (QED) is 0.171. The summed E-state index contributed by atoms with van der Waals surface area (Å²) >= 11 is 1.78. The van der Waals surface area contributed by atoms with Gasteiger partial charge in [0.15, 0.2) is 17.5 Å². The lowest BCUT2D eigenvalue weighted by Gasteiger charge is -2.17. The molecular weight excluding hydrogens is 739 g/mol. The van der Waals surface area contributed by atoms with Crippen molar-refractivity contribution in [1.29, 1.82) is 0 Å². The highest BCUT2D eigenvalue weighted by molar-refractivity contribution is 7.25. The predicted octanol–water partition coefficient (Wildman–Crippen LogP) is 14.6. The van der Waals surface area contributed by atoms with E-state index >= 15 is 0 Å². The van der Waals surface area contributed by atoms with Crippen LogP contribution in [0.5, 0.6) is 5.75 Å². The third-order valence-electron chi connectivity index (χ3n) is 11.4. The van der Waals surface area contributed by atoms with Gasteiger partial charge in [-0.15, -0.1) is 11.3 Å². The van der Waals surface area contributed by atoms with Gasteiger partial charge in [-0.05, 0) is 92.2 Å². The summed E-state index contributed by atoms with van der Waals surface area (Å²) in [6.07, 6.45) is 0. The highest BCUT2D eigenvalue weighted by atomic mass is 32.1. The van der Waals surface area contributed by atoms with Gasteiger partial charge in [0.25, 0.3) is 0 Å². The zero-order valence-corrected chi connectivity index (χ0v) is 32.9. The number of fused-ring (bicyclic) bond motifs is 6. The monoisotopic (exact) mass is 773 g/mol. The lowest BCUT2D eigenvalue weighted by atomic mass is 9.87. The maximum atomic E-state index is 11.6. The molecule has 0 unspecified atom stereocenters. The van der Waals surface area contributed by atoms with Gasteiger partial charge in [-0.2, -0.15) is 0 Å². The fraction of sp³-hybridized carbons (Fsp3) is 0.0185. The maximum absolute atomic E-state index is 11.6. The Kier molecular flexibility index (Phi) is 8.35. The van der Waals surface area contributed by atoms with E-state index in [1.165, 1.54) is 41.7 Å². The predicted molar refractivity (Wildman–Crippen MR) is 247 cm³/mol. The molecule has 11 aromatic rings. The molecule has 0 aliphatic carbocycles. The minimum Gasteiger partial charge on any atom is -0.507 e. The van der Waals surface area contributed by atoms with Gasteiger partial charge in [-0.25, -0.2) is 15.0 Å². The van der Waals surface area contributed by atoms with Crippen LogP contribution in [0.3, 0.4) is 0 Å². The van der Waals surface area contributed by atoms with E-state index in [1.807, 2.05) is 36.4 Å². The van der Waals surface area contributed by atoms with Gasteiger partial charge in [-0.3, -0.25) is 0 Å². The summed E-state index contributed by atoms with van der Waals surface area (Å²) in [4.78, 5) is 15.1. The third-order valence-corrected chi connectivity index (χ3v) is 12.5. The summed E-state index contributed by atoms with van der Waals surface area (Å²) in [5.74, 6) is 2.08. The van der Waals surface area contributed by atoms with Crippen molar-refractivity contribution in [2.45, 2.75) is 6.92 Å². The molecule has 0 aliphatic heterocycles. The molecule has 4 nitrogen and oxygen atoms in total. The van der Waals surface area contributed by atoms with E-state index in [0.717, 1.165) is 55.6 Å². The molecule has 0 amide bonds. The van der Waals surface area contributed by atoms with Crippen LogP contribution < -0.4 is 0 Å². The Morgan fingerprint density at radius 2 is 0.966 bits per heavy atom. The van der Waals surface area contributed by atoms with E-state index in [1.54, 1.807) is 17.4 Å². The zero-order valence-electron chi connectivity index (χ0n) is 32.1. The van der Waals surface area contributed by atoms with Crippen molar-refractivity contribution < 1.29 is 5.11 Å². The minimum absolute atomic E-state index is 0.236. The van der Waals surface area contributed by atoms with Gasteiger partial charge < -0.3 is 5.11 Å². The number of hydrogen-bond acceptors (Lipinski definition) is 5. The van der Waals surface area contributed by atoms with Gasteiger partial charge in [-0.1, -0.05) is 158 Å². The Hall–Kier alpha value is -7.47. The second-order valence-electron chi connectivity index (χ2n) is 15.0. The zero-order chi connectivity index (χ0) is 39.5. The van der Waals surface area contributed by atoms with E-state index in [4.69, 9.17) is 15.0 Å². The van der Waals surface area contributed by atoms with Crippen LogP contribution in [0.2, 0.25) is 0 Å². The number of aromatic nitrogens is 3. The van der Waals surface area contributed by atoms with Crippen LogP contribution in [-0.2, 0) is 0 Å². The van der Waals surface area contributed by atoms with Crippen molar-refractivity contribution in [3.05, 3.63) is 194 Å². The van der Waals surface area contributed by atoms with Gasteiger partial charge in [0.05, 0.1) is 0 Å². The first-order chi connectivity index (χ1) is 29.1. The number of nitrogens with zero attached hydrogens (tertiary/aromatic N) is 3. The van der Waals surface area contributed by atoms with Crippen LogP contribution in [0.15, 0.2) is 188 Å². The van der Waals surface area contributed by atoms with Crippen LogP contribution >= 0.6 is 11.3 Å². The Morgan fingerprint density at radius 1 is 0.373 bits per heavy atom. The average molecular weight is 774 g/mol. The highest BCUT2D eigenvalue weighted by Crippen LogP contribution is 2.44. The van der Waals surface area contributed by atoms with Crippen molar-refractivity contribution in [2.24, 2.45) is 0 Å². The van der Waals surface area contributed by atoms with Crippen LogP contribution in [0, 0.1) is 6.92 Å². The highest BCUT2D eigenvalue weighted by Gasteiger charge is 2.18. The van der Waals surface area contributed by atoms with E-state index in [9.17, 15) is 5.11 Å². The van der Waals surface area contributed by atoms with E-state index in [-0.39, 0.29) is 5.75 Å². The van der Waals surface area contributed by atoms with Crippen LogP contribution in [-0.4, -0.2) is 20.1 Å². The number of aryl methyl sites for hydroxylation is 1. The smallest absolute Gasteiger partial charge is 0.164 e. The Morgan fingerprint density at radius 3 is 1.76 bits per heavy atom. The summed E-state index contributed by atoms with van der Waals surface area (Å²) in [5.41, 5.74) is 9.80. The maximum Gasteiger partial charge on any atom is 0.164 e. The SMILES string of the molecule is Cc1ccc(-c2cc3ccccc3c3ccccc23)cc1-c1c(O)cccc1-c1ccc(-c2nc(-c3ccccc3)nc(-c3ccc4c(c3)sc3ccccc34)n2)cc1. The number of thiophene rings is 1. The molecule has 0 saturated carbocycles. The molecule has 0 atom stereocenters. The van der Waals surface area contributed by atoms with Gasteiger partial charge in [0.2, 0.25) is 0 Å². The minimum atomic E-state index is 0.236. The molecule has 59 heavy (non-hydrogen) atoms. The second kappa shape index (κ2) is 14.2. The second-order valence-corrected chi connectivity index (χ2v) is 16.1. The molecule has 0 radical (unpaired) electrons.